The molecule has 1 aliphatic rings. The Labute approximate surface area is 134 Å². The summed E-state index contributed by atoms with van der Waals surface area (Å²) in [4.78, 5) is 15.1. The standard InChI is InChI=1S/C19H29NO2/c1-14(2)16-11-20(13-22-19(3,4)5)12-17(16)18(21)15-9-7-6-8-10-15/h6-10,14,16-17H,11-13H2,1-5H3. The number of rotatable bonds is 5. The molecule has 0 radical (unpaired) electrons. The zero-order valence-electron chi connectivity index (χ0n) is 14.5. The van der Waals surface area contributed by atoms with E-state index in [1.165, 1.54) is 0 Å². The lowest BCUT2D eigenvalue weighted by Gasteiger charge is -2.24. The van der Waals surface area contributed by atoms with E-state index in [-0.39, 0.29) is 17.3 Å². The molecule has 22 heavy (non-hydrogen) atoms. The molecule has 1 aromatic rings. The molecule has 2 unspecified atom stereocenters. The van der Waals surface area contributed by atoms with Gasteiger partial charge in [0.1, 0.15) is 0 Å². The highest BCUT2D eigenvalue weighted by Gasteiger charge is 2.39. The molecule has 0 spiro atoms. The van der Waals surface area contributed by atoms with Gasteiger partial charge in [-0.25, -0.2) is 0 Å². The number of benzene rings is 1. The highest BCUT2D eigenvalue weighted by Crippen LogP contribution is 2.32. The average molecular weight is 303 g/mol. The van der Waals surface area contributed by atoms with Gasteiger partial charge in [-0.3, -0.25) is 9.69 Å². The summed E-state index contributed by atoms with van der Waals surface area (Å²) >= 11 is 0. The van der Waals surface area contributed by atoms with Crippen LogP contribution in [0.3, 0.4) is 0 Å². The molecule has 122 valence electrons. The predicted octanol–water partition coefficient (Wildman–Crippen LogP) is 3.85. The molecular weight excluding hydrogens is 274 g/mol. The van der Waals surface area contributed by atoms with E-state index in [4.69, 9.17) is 4.74 Å². The molecule has 0 aliphatic carbocycles. The maximum atomic E-state index is 12.8. The van der Waals surface area contributed by atoms with Gasteiger partial charge in [0.05, 0.1) is 12.3 Å². The number of hydrogen-bond acceptors (Lipinski definition) is 3. The summed E-state index contributed by atoms with van der Waals surface area (Å²) in [6, 6.07) is 9.68. The third-order valence-electron chi connectivity index (χ3n) is 4.37. The highest BCUT2D eigenvalue weighted by atomic mass is 16.5. The maximum absolute atomic E-state index is 12.8. The van der Waals surface area contributed by atoms with Gasteiger partial charge < -0.3 is 4.74 Å². The zero-order chi connectivity index (χ0) is 16.3. The van der Waals surface area contributed by atoms with E-state index in [1.54, 1.807) is 0 Å². The van der Waals surface area contributed by atoms with Crippen LogP contribution in [0.1, 0.15) is 45.0 Å². The summed E-state index contributed by atoms with van der Waals surface area (Å²) < 4.78 is 5.89. The first-order valence-corrected chi connectivity index (χ1v) is 8.23. The van der Waals surface area contributed by atoms with Gasteiger partial charge in [-0.15, -0.1) is 0 Å². The molecule has 3 nitrogen and oxygen atoms in total. The first-order valence-electron chi connectivity index (χ1n) is 8.23. The van der Waals surface area contributed by atoms with Crippen LogP contribution >= 0.6 is 0 Å². The average Bonchev–Trinajstić information content (AvgIpc) is 2.89. The molecule has 1 fully saturated rings. The molecule has 2 atom stereocenters. The molecule has 1 aliphatic heterocycles. The third-order valence-corrected chi connectivity index (χ3v) is 4.37. The molecular formula is C19H29NO2. The second-order valence-electron chi connectivity index (χ2n) is 7.67. The number of Topliss-reactive ketones (excluding diaryl/α,β-unsaturated/α-hetero) is 1. The van der Waals surface area contributed by atoms with E-state index in [0.717, 1.165) is 18.7 Å². The molecule has 3 heteroatoms. The normalized spacial score (nSPS) is 23.2. The molecule has 0 aromatic heterocycles. The number of ketones is 1. The van der Waals surface area contributed by atoms with Gasteiger partial charge in [0.25, 0.3) is 0 Å². The molecule has 2 rings (SSSR count). The Morgan fingerprint density at radius 1 is 1.23 bits per heavy atom. The fourth-order valence-corrected chi connectivity index (χ4v) is 3.07. The van der Waals surface area contributed by atoms with Gasteiger partial charge >= 0.3 is 0 Å². The molecule has 0 saturated carbocycles. The van der Waals surface area contributed by atoms with Crippen LogP contribution in [-0.4, -0.2) is 36.1 Å². The fraction of sp³-hybridized carbons (Fsp3) is 0.632. The summed E-state index contributed by atoms with van der Waals surface area (Å²) in [7, 11) is 0. The zero-order valence-corrected chi connectivity index (χ0v) is 14.5. The summed E-state index contributed by atoms with van der Waals surface area (Å²) in [6.45, 7) is 13.0. The van der Waals surface area contributed by atoms with E-state index in [9.17, 15) is 4.79 Å². The Morgan fingerprint density at radius 3 is 2.41 bits per heavy atom. The van der Waals surface area contributed by atoms with Gasteiger partial charge in [-0.1, -0.05) is 44.2 Å². The van der Waals surface area contributed by atoms with Gasteiger partial charge in [0, 0.05) is 24.6 Å². The molecule has 0 amide bonds. The minimum Gasteiger partial charge on any atom is -0.360 e. The Balaban J connectivity index is 2.07. The van der Waals surface area contributed by atoms with Crippen molar-refractivity contribution in [2.75, 3.05) is 19.8 Å². The van der Waals surface area contributed by atoms with Gasteiger partial charge in [-0.2, -0.15) is 0 Å². The van der Waals surface area contributed by atoms with Crippen LogP contribution < -0.4 is 0 Å². The lowest BCUT2D eigenvalue weighted by molar-refractivity contribution is -0.0583. The Bertz CT molecular complexity index is 490. The highest BCUT2D eigenvalue weighted by molar-refractivity contribution is 5.98. The van der Waals surface area contributed by atoms with Crippen molar-refractivity contribution in [2.45, 2.75) is 40.2 Å². The summed E-state index contributed by atoms with van der Waals surface area (Å²) in [6.07, 6.45) is 0. The number of carbonyl (C=O) groups is 1. The van der Waals surface area contributed by atoms with Crippen molar-refractivity contribution in [1.82, 2.24) is 4.90 Å². The molecule has 1 saturated heterocycles. The van der Waals surface area contributed by atoms with Crippen molar-refractivity contribution in [2.24, 2.45) is 17.8 Å². The van der Waals surface area contributed by atoms with Crippen LogP contribution in [0.2, 0.25) is 0 Å². The monoisotopic (exact) mass is 303 g/mol. The fourth-order valence-electron chi connectivity index (χ4n) is 3.07. The van der Waals surface area contributed by atoms with Crippen LogP contribution in [0.4, 0.5) is 0 Å². The van der Waals surface area contributed by atoms with Crippen molar-refractivity contribution in [3.8, 4) is 0 Å². The molecule has 1 aromatic carbocycles. The van der Waals surface area contributed by atoms with Crippen molar-refractivity contribution < 1.29 is 9.53 Å². The first kappa shape index (κ1) is 17.2. The van der Waals surface area contributed by atoms with Crippen molar-refractivity contribution in [3.63, 3.8) is 0 Å². The Hall–Kier alpha value is -1.19. The van der Waals surface area contributed by atoms with Crippen LogP contribution in [0.5, 0.6) is 0 Å². The lowest BCUT2D eigenvalue weighted by atomic mass is 9.82. The van der Waals surface area contributed by atoms with E-state index in [1.807, 2.05) is 30.3 Å². The maximum Gasteiger partial charge on any atom is 0.167 e. The van der Waals surface area contributed by atoms with E-state index >= 15 is 0 Å². The van der Waals surface area contributed by atoms with Gasteiger partial charge in [-0.05, 0) is 32.6 Å². The Kier molecular flexibility index (Phi) is 5.41. The minimum absolute atomic E-state index is 0.0750. The van der Waals surface area contributed by atoms with E-state index in [0.29, 0.717) is 18.6 Å². The number of hydrogen-bond donors (Lipinski definition) is 0. The molecule has 0 bridgehead atoms. The molecule has 1 heterocycles. The SMILES string of the molecule is CC(C)C1CN(COC(C)(C)C)CC1C(=O)c1ccccc1. The second kappa shape index (κ2) is 6.93. The Morgan fingerprint density at radius 2 is 1.86 bits per heavy atom. The third kappa shape index (κ3) is 4.40. The number of likely N-dealkylation sites (tertiary alicyclic amines) is 1. The van der Waals surface area contributed by atoms with Crippen LogP contribution in [0, 0.1) is 17.8 Å². The lowest BCUT2D eigenvalue weighted by Crippen LogP contribution is -2.31. The largest absolute Gasteiger partial charge is 0.360 e. The first-order chi connectivity index (χ1) is 10.3. The van der Waals surface area contributed by atoms with Crippen LogP contribution in [-0.2, 0) is 4.74 Å². The summed E-state index contributed by atoms with van der Waals surface area (Å²) in [5.41, 5.74) is 0.686. The summed E-state index contributed by atoms with van der Waals surface area (Å²) in [5.74, 6) is 1.25. The van der Waals surface area contributed by atoms with Gasteiger partial charge in [0.2, 0.25) is 0 Å². The van der Waals surface area contributed by atoms with Crippen LogP contribution in [0.15, 0.2) is 30.3 Å². The van der Waals surface area contributed by atoms with E-state index in [2.05, 4.69) is 39.5 Å². The summed E-state index contributed by atoms with van der Waals surface area (Å²) in [5, 5.41) is 0. The van der Waals surface area contributed by atoms with Gasteiger partial charge in [0.15, 0.2) is 5.78 Å². The minimum atomic E-state index is -0.144. The number of ether oxygens (including phenoxy) is 1. The smallest absolute Gasteiger partial charge is 0.167 e. The molecule has 0 N–H and O–H groups in total. The quantitative estimate of drug-likeness (QED) is 0.774. The van der Waals surface area contributed by atoms with Crippen LogP contribution in [0.25, 0.3) is 0 Å². The topological polar surface area (TPSA) is 29.5 Å². The second-order valence-corrected chi connectivity index (χ2v) is 7.67. The predicted molar refractivity (Wildman–Crippen MR) is 89.9 cm³/mol. The van der Waals surface area contributed by atoms with Crippen molar-refractivity contribution in [1.29, 1.82) is 0 Å². The van der Waals surface area contributed by atoms with Crippen molar-refractivity contribution >= 4 is 5.78 Å². The number of nitrogens with zero attached hydrogens (tertiary/aromatic N) is 1. The van der Waals surface area contributed by atoms with Crippen molar-refractivity contribution in [3.05, 3.63) is 35.9 Å². The van der Waals surface area contributed by atoms with E-state index < -0.39 is 0 Å². The number of carbonyl (C=O) groups excluding carboxylic acids is 1.